The first kappa shape index (κ1) is 31.0. The summed E-state index contributed by atoms with van der Waals surface area (Å²) in [4.78, 5) is 40.8. The number of nitrogens with zero attached hydrogens (tertiary/aromatic N) is 2. The molecule has 9 heteroatoms. The van der Waals surface area contributed by atoms with E-state index in [9.17, 15) is 14.4 Å². The Bertz CT molecular complexity index is 933. The number of methoxy groups -OCH3 is 1. The zero-order chi connectivity index (χ0) is 27.9. The molecule has 1 fully saturated rings. The van der Waals surface area contributed by atoms with Crippen LogP contribution >= 0.6 is 0 Å². The van der Waals surface area contributed by atoms with Crippen molar-refractivity contribution in [1.82, 2.24) is 15.1 Å². The second-order valence-corrected chi connectivity index (χ2v) is 9.83. The first-order valence-corrected chi connectivity index (χ1v) is 13.8. The zero-order valence-corrected chi connectivity index (χ0v) is 23.7. The van der Waals surface area contributed by atoms with Crippen molar-refractivity contribution < 1.29 is 28.6 Å². The summed E-state index contributed by atoms with van der Waals surface area (Å²) in [5, 5.41) is 2.94. The van der Waals surface area contributed by atoms with Crippen LogP contribution in [0.5, 0.6) is 11.5 Å². The fourth-order valence-corrected chi connectivity index (χ4v) is 4.32. The summed E-state index contributed by atoms with van der Waals surface area (Å²) in [6.45, 7) is 9.95. The van der Waals surface area contributed by atoms with Gasteiger partial charge in [0.2, 0.25) is 5.91 Å². The number of unbranched alkanes of at least 4 members (excludes halogenated alkanes) is 2. The largest absolute Gasteiger partial charge is 0.493 e. The Hall–Kier alpha value is -3.23. The predicted octanol–water partition coefficient (Wildman–Crippen LogP) is 5.53. The molecule has 0 saturated carbocycles. The monoisotopic (exact) mass is 531 g/mol. The summed E-state index contributed by atoms with van der Waals surface area (Å²) in [5.74, 6) is 1.29. The van der Waals surface area contributed by atoms with Crippen molar-refractivity contribution in [3.8, 4) is 11.5 Å². The Morgan fingerprint density at radius 1 is 1.11 bits per heavy atom. The molecule has 1 aliphatic rings. The van der Waals surface area contributed by atoms with E-state index in [4.69, 9.17) is 14.2 Å². The minimum Gasteiger partial charge on any atom is -0.493 e. The number of carbonyl (C=O) groups is 3. The fourth-order valence-electron chi connectivity index (χ4n) is 4.32. The molecule has 0 spiro atoms. The summed E-state index contributed by atoms with van der Waals surface area (Å²) in [5.41, 5.74) is 0.849. The third-order valence-electron chi connectivity index (χ3n) is 6.33. The van der Waals surface area contributed by atoms with Crippen LogP contribution in [0.15, 0.2) is 30.4 Å². The molecule has 0 aliphatic carbocycles. The number of hydrogen-bond acceptors (Lipinski definition) is 6. The van der Waals surface area contributed by atoms with Crippen molar-refractivity contribution in [3.05, 3.63) is 35.9 Å². The van der Waals surface area contributed by atoms with Gasteiger partial charge in [0.25, 0.3) is 0 Å². The average Bonchev–Trinajstić information content (AvgIpc) is 2.90. The molecule has 0 bridgehead atoms. The van der Waals surface area contributed by atoms with Crippen molar-refractivity contribution >= 4 is 18.1 Å². The van der Waals surface area contributed by atoms with Crippen LogP contribution in [0.25, 0.3) is 0 Å². The molecule has 3 amide bonds. The molecule has 0 aromatic heterocycles. The number of allylic oxidation sites excluding steroid dienone is 2. The summed E-state index contributed by atoms with van der Waals surface area (Å²) in [6.07, 6.45) is 8.45. The highest BCUT2D eigenvalue weighted by molar-refractivity contribution is 5.76. The zero-order valence-electron chi connectivity index (χ0n) is 23.7. The molecule has 212 valence electrons. The van der Waals surface area contributed by atoms with Gasteiger partial charge in [-0.1, -0.05) is 45.4 Å². The molecule has 0 radical (unpaired) electrons. The highest BCUT2D eigenvalue weighted by atomic mass is 16.6. The molecule has 2 rings (SSSR count). The van der Waals surface area contributed by atoms with E-state index in [1.54, 1.807) is 28.9 Å². The number of nitrogens with one attached hydrogen (secondary N) is 1. The van der Waals surface area contributed by atoms with Crippen LogP contribution in [0, 0.1) is 5.92 Å². The third kappa shape index (κ3) is 10.3. The summed E-state index contributed by atoms with van der Waals surface area (Å²) < 4.78 is 16.3. The van der Waals surface area contributed by atoms with E-state index in [1.165, 1.54) is 7.11 Å². The Morgan fingerprint density at radius 2 is 1.89 bits per heavy atom. The number of piperazine rings is 1. The quantitative estimate of drug-likeness (QED) is 0.266. The lowest BCUT2D eigenvalue weighted by Gasteiger charge is -2.40. The maximum atomic E-state index is 13.1. The second kappa shape index (κ2) is 16.6. The molecule has 1 aromatic rings. The van der Waals surface area contributed by atoms with Gasteiger partial charge in [-0.05, 0) is 56.2 Å². The van der Waals surface area contributed by atoms with Crippen molar-refractivity contribution in [3.63, 3.8) is 0 Å². The van der Waals surface area contributed by atoms with Crippen LogP contribution in [0.3, 0.4) is 0 Å². The Kier molecular flexibility index (Phi) is 13.5. The van der Waals surface area contributed by atoms with Gasteiger partial charge in [0.05, 0.1) is 19.8 Å². The van der Waals surface area contributed by atoms with Crippen LogP contribution < -0.4 is 14.8 Å². The molecular weight excluding hydrogens is 486 g/mol. The number of hydrogen-bond donors (Lipinski definition) is 1. The molecule has 1 atom stereocenters. The van der Waals surface area contributed by atoms with E-state index < -0.39 is 6.09 Å². The number of amides is 3. The number of rotatable bonds is 13. The van der Waals surface area contributed by atoms with E-state index in [-0.39, 0.29) is 18.0 Å². The van der Waals surface area contributed by atoms with E-state index in [1.807, 2.05) is 13.0 Å². The van der Waals surface area contributed by atoms with Crippen molar-refractivity contribution in [2.24, 2.45) is 5.92 Å². The topological polar surface area (TPSA) is 97.4 Å². The SMILES string of the molecule is CCCC1CN(C(=O)OCC)CCN1C(=O)Oc1ccc(CNC(=O)CCCC/C=C/C(C)C)cc1OC. The Labute approximate surface area is 227 Å². The number of carbonyl (C=O) groups excluding carboxylic acids is 3. The standard InChI is InChI=1S/C29H45N3O6/c1-6-12-24-21-31(28(34)37-7-2)17-18-32(24)29(35)38-25-16-15-23(19-26(25)36-5)20-30-27(33)14-11-9-8-10-13-22(3)4/h10,13,15-16,19,22,24H,6-9,11-12,14,17-18,20-21H2,1-5H3,(H,30,33)/b13-10+. The molecule has 9 nitrogen and oxygen atoms in total. The van der Waals surface area contributed by atoms with Gasteiger partial charge in [-0.25, -0.2) is 9.59 Å². The van der Waals surface area contributed by atoms with E-state index >= 15 is 0 Å². The smallest absolute Gasteiger partial charge is 0.415 e. The molecule has 1 aliphatic heterocycles. The lowest BCUT2D eigenvalue weighted by molar-refractivity contribution is -0.121. The third-order valence-corrected chi connectivity index (χ3v) is 6.33. The maximum absolute atomic E-state index is 13.1. The normalized spacial score (nSPS) is 15.6. The highest BCUT2D eigenvalue weighted by Crippen LogP contribution is 2.29. The molecule has 1 unspecified atom stereocenters. The molecule has 1 aromatic carbocycles. The molecule has 1 N–H and O–H groups in total. The Morgan fingerprint density at radius 3 is 2.58 bits per heavy atom. The lowest BCUT2D eigenvalue weighted by Crippen LogP contribution is -2.57. The van der Waals surface area contributed by atoms with Crippen molar-refractivity contribution in [1.29, 1.82) is 0 Å². The molecular formula is C29H45N3O6. The summed E-state index contributed by atoms with van der Waals surface area (Å²) in [7, 11) is 1.51. The molecule has 1 heterocycles. The Balaban J connectivity index is 1.90. The van der Waals surface area contributed by atoms with Gasteiger partial charge in [-0.2, -0.15) is 0 Å². The van der Waals surface area contributed by atoms with E-state index in [2.05, 4.69) is 31.3 Å². The lowest BCUT2D eigenvalue weighted by atomic mass is 10.1. The van der Waals surface area contributed by atoms with Crippen LogP contribution in [-0.4, -0.2) is 67.3 Å². The summed E-state index contributed by atoms with van der Waals surface area (Å²) in [6, 6.07) is 5.10. The van der Waals surface area contributed by atoms with E-state index in [0.29, 0.717) is 56.6 Å². The van der Waals surface area contributed by atoms with Gasteiger partial charge in [0, 0.05) is 32.6 Å². The number of ether oxygens (including phenoxy) is 3. The first-order chi connectivity index (χ1) is 18.3. The van der Waals surface area contributed by atoms with Gasteiger partial charge < -0.3 is 29.3 Å². The van der Waals surface area contributed by atoms with Gasteiger partial charge in [0.15, 0.2) is 11.5 Å². The van der Waals surface area contributed by atoms with Crippen molar-refractivity contribution in [2.45, 2.75) is 78.8 Å². The average molecular weight is 532 g/mol. The van der Waals surface area contributed by atoms with Gasteiger partial charge in [-0.3, -0.25) is 4.79 Å². The van der Waals surface area contributed by atoms with Gasteiger partial charge in [-0.15, -0.1) is 0 Å². The van der Waals surface area contributed by atoms with Crippen LogP contribution in [-0.2, 0) is 16.1 Å². The first-order valence-electron chi connectivity index (χ1n) is 13.8. The minimum absolute atomic E-state index is 0.0104. The van der Waals surface area contributed by atoms with Crippen LogP contribution in [0.2, 0.25) is 0 Å². The molecule has 38 heavy (non-hydrogen) atoms. The summed E-state index contributed by atoms with van der Waals surface area (Å²) >= 11 is 0. The highest BCUT2D eigenvalue weighted by Gasteiger charge is 2.34. The maximum Gasteiger partial charge on any atom is 0.415 e. The molecule has 1 saturated heterocycles. The fraction of sp³-hybridized carbons (Fsp3) is 0.621. The van der Waals surface area contributed by atoms with Crippen LogP contribution in [0.4, 0.5) is 9.59 Å². The van der Waals surface area contributed by atoms with Gasteiger partial charge in [0.1, 0.15) is 0 Å². The van der Waals surface area contributed by atoms with Gasteiger partial charge >= 0.3 is 12.2 Å². The minimum atomic E-state index is -0.477. The second-order valence-electron chi connectivity index (χ2n) is 9.83. The van der Waals surface area contributed by atoms with E-state index in [0.717, 1.165) is 37.7 Å². The number of benzene rings is 1. The van der Waals surface area contributed by atoms with Crippen LogP contribution in [0.1, 0.15) is 71.8 Å². The predicted molar refractivity (Wildman–Crippen MR) is 147 cm³/mol. The van der Waals surface area contributed by atoms with Crippen molar-refractivity contribution in [2.75, 3.05) is 33.4 Å².